The number of nitro groups is 1. The van der Waals surface area contributed by atoms with Gasteiger partial charge in [-0.3, -0.25) is 15.1 Å². The number of hydrogen-bond donors (Lipinski definition) is 1. The summed E-state index contributed by atoms with van der Waals surface area (Å²) in [6, 6.07) is 10.1. The van der Waals surface area contributed by atoms with Crippen LogP contribution in [0.5, 0.6) is 0 Å². The Balaban J connectivity index is 0.00000176. The zero-order chi connectivity index (χ0) is 14.7. The topological polar surface area (TPSA) is 81.0 Å². The van der Waals surface area contributed by atoms with E-state index in [0.29, 0.717) is 10.8 Å². The van der Waals surface area contributed by atoms with Gasteiger partial charge in [0.25, 0.3) is 5.69 Å². The van der Waals surface area contributed by atoms with Crippen LogP contribution in [-0.4, -0.2) is 14.9 Å². The third-order valence-electron chi connectivity index (χ3n) is 2.76. The number of benzene rings is 1. The first kappa shape index (κ1) is 16.1. The lowest BCUT2D eigenvalue weighted by Gasteiger charge is -2.01. The second kappa shape index (κ2) is 7.10. The van der Waals surface area contributed by atoms with E-state index in [4.69, 9.17) is 0 Å². The standard InChI is InChI=1S/C14H10N4O2S.BrH/c19-18(20)12-5-1-4-11(7-12)17-14-16-9-13(21-14)10-3-2-6-15-8-10;/h1-9H,(H,16,17);1H. The van der Waals surface area contributed by atoms with E-state index in [2.05, 4.69) is 15.3 Å². The van der Waals surface area contributed by atoms with Gasteiger partial charge in [-0.1, -0.05) is 23.5 Å². The van der Waals surface area contributed by atoms with Crippen LogP contribution < -0.4 is 5.32 Å². The number of anilines is 2. The molecule has 0 bridgehead atoms. The molecule has 3 aromatic rings. The van der Waals surface area contributed by atoms with Gasteiger partial charge in [-0.05, 0) is 12.1 Å². The fourth-order valence-electron chi connectivity index (χ4n) is 1.79. The summed E-state index contributed by atoms with van der Waals surface area (Å²) in [5, 5.41) is 14.5. The summed E-state index contributed by atoms with van der Waals surface area (Å²) in [5.41, 5.74) is 1.67. The monoisotopic (exact) mass is 378 g/mol. The first-order chi connectivity index (χ1) is 10.2. The number of hydrogen-bond acceptors (Lipinski definition) is 6. The maximum absolute atomic E-state index is 10.8. The van der Waals surface area contributed by atoms with Gasteiger partial charge in [-0.2, -0.15) is 0 Å². The van der Waals surface area contributed by atoms with Crippen LogP contribution in [0.3, 0.4) is 0 Å². The van der Waals surface area contributed by atoms with E-state index < -0.39 is 4.92 Å². The van der Waals surface area contributed by atoms with Gasteiger partial charge in [0.05, 0.1) is 9.80 Å². The van der Waals surface area contributed by atoms with Crippen LogP contribution in [-0.2, 0) is 0 Å². The number of non-ortho nitro benzene ring substituents is 1. The van der Waals surface area contributed by atoms with E-state index >= 15 is 0 Å². The van der Waals surface area contributed by atoms with Gasteiger partial charge in [-0.25, -0.2) is 4.98 Å². The van der Waals surface area contributed by atoms with Crippen LogP contribution >= 0.6 is 28.3 Å². The molecule has 6 nitrogen and oxygen atoms in total. The second-order valence-corrected chi connectivity index (χ2v) is 5.23. The molecule has 0 spiro atoms. The summed E-state index contributed by atoms with van der Waals surface area (Å²) < 4.78 is 0. The van der Waals surface area contributed by atoms with Crippen molar-refractivity contribution in [1.82, 2.24) is 9.97 Å². The lowest BCUT2D eigenvalue weighted by molar-refractivity contribution is -0.384. The molecule has 0 aliphatic heterocycles. The lowest BCUT2D eigenvalue weighted by Crippen LogP contribution is -1.92. The fourth-order valence-corrected chi connectivity index (χ4v) is 2.62. The summed E-state index contributed by atoms with van der Waals surface area (Å²) in [5.74, 6) is 0. The molecule has 2 aromatic heterocycles. The molecule has 0 fully saturated rings. The molecule has 0 aliphatic carbocycles. The third kappa shape index (κ3) is 3.66. The molecule has 0 radical (unpaired) electrons. The van der Waals surface area contributed by atoms with Gasteiger partial charge in [0.15, 0.2) is 5.13 Å². The van der Waals surface area contributed by atoms with Crippen molar-refractivity contribution >= 4 is 44.8 Å². The Morgan fingerprint density at radius 2 is 2.05 bits per heavy atom. The highest BCUT2D eigenvalue weighted by Crippen LogP contribution is 2.30. The number of nitrogens with one attached hydrogen (secondary N) is 1. The van der Waals surface area contributed by atoms with Gasteiger partial charge in [0.1, 0.15) is 0 Å². The first-order valence-electron chi connectivity index (χ1n) is 6.10. The molecule has 0 atom stereocenters. The largest absolute Gasteiger partial charge is 0.331 e. The van der Waals surface area contributed by atoms with E-state index in [0.717, 1.165) is 10.4 Å². The average Bonchev–Trinajstić information content (AvgIpc) is 2.97. The summed E-state index contributed by atoms with van der Waals surface area (Å²) in [6.07, 6.45) is 5.23. The first-order valence-corrected chi connectivity index (χ1v) is 6.92. The number of rotatable bonds is 4. The number of thiazole rings is 1. The van der Waals surface area contributed by atoms with E-state index in [1.54, 1.807) is 30.7 Å². The van der Waals surface area contributed by atoms with Crippen molar-refractivity contribution in [2.75, 3.05) is 5.32 Å². The average molecular weight is 379 g/mol. The summed E-state index contributed by atoms with van der Waals surface area (Å²) in [7, 11) is 0. The van der Waals surface area contributed by atoms with Gasteiger partial charge in [-0.15, -0.1) is 17.0 Å². The molecule has 2 heterocycles. The molecule has 0 aliphatic rings. The number of pyridine rings is 1. The maximum Gasteiger partial charge on any atom is 0.271 e. The zero-order valence-corrected chi connectivity index (χ0v) is 13.7. The van der Waals surface area contributed by atoms with Crippen molar-refractivity contribution in [2.45, 2.75) is 0 Å². The molecular formula is C14H11BrN4O2S. The van der Waals surface area contributed by atoms with Crippen molar-refractivity contribution in [3.05, 3.63) is 65.1 Å². The smallest absolute Gasteiger partial charge is 0.271 e. The van der Waals surface area contributed by atoms with Gasteiger partial charge < -0.3 is 5.32 Å². The van der Waals surface area contributed by atoms with E-state index in [1.165, 1.54) is 23.5 Å². The molecule has 8 heteroatoms. The minimum absolute atomic E-state index is 0. The van der Waals surface area contributed by atoms with Crippen LogP contribution in [0.4, 0.5) is 16.5 Å². The SMILES string of the molecule is Br.O=[N+]([O-])c1cccc(Nc2ncc(-c3cccnc3)s2)c1. The van der Waals surface area contributed by atoms with Crippen molar-refractivity contribution in [3.63, 3.8) is 0 Å². The minimum Gasteiger partial charge on any atom is -0.331 e. The van der Waals surface area contributed by atoms with Crippen LogP contribution in [0, 0.1) is 10.1 Å². The third-order valence-corrected chi connectivity index (χ3v) is 3.72. The number of halogens is 1. The highest BCUT2D eigenvalue weighted by atomic mass is 79.9. The lowest BCUT2D eigenvalue weighted by atomic mass is 10.3. The number of nitrogens with zero attached hydrogens (tertiary/aromatic N) is 3. The quantitative estimate of drug-likeness (QED) is 0.536. The van der Waals surface area contributed by atoms with E-state index in [1.807, 2.05) is 12.1 Å². The Morgan fingerprint density at radius 3 is 2.77 bits per heavy atom. The molecule has 0 amide bonds. The van der Waals surface area contributed by atoms with Gasteiger partial charge >= 0.3 is 0 Å². The molecule has 22 heavy (non-hydrogen) atoms. The Labute approximate surface area is 140 Å². The number of aromatic nitrogens is 2. The predicted octanol–water partition coefficient (Wildman–Crippen LogP) is 4.43. The summed E-state index contributed by atoms with van der Waals surface area (Å²) in [6.45, 7) is 0. The Kier molecular flexibility index (Phi) is 5.18. The van der Waals surface area contributed by atoms with Crippen LogP contribution in [0.1, 0.15) is 0 Å². The van der Waals surface area contributed by atoms with E-state index in [-0.39, 0.29) is 22.7 Å². The predicted molar refractivity (Wildman–Crippen MR) is 92.0 cm³/mol. The Morgan fingerprint density at radius 1 is 1.18 bits per heavy atom. The Hall–Kier alpha value is -2.32. The molecule has 0 saturated heterocycles. The van der Waals surface area contributed by atoms with E-state index in [9.17, 15) is 10.1 Å². The van der Waals surface area contributed by atoms with Crippen molar-refractivity contribution in [3.8, 4) is 10.4 Å². The van der Waals surface area contributed by atoms with Crippen molar-refractivity contribution < 1.29 is 4.92 Å². The van der Waals surface area contributed by atoms with Gasteiger partial charge in [0.2, 0.25) is 0 Å². The molecule has 1 N–H and O–H groups in total. The molecule has 0 saturated carbocycles. The molecular weight excluding hydrogens is 368 g/mol. The van der Waals surface area contributed by atoms with Crippen LogP contribution in [0.15, 0.2) is 55.0 Å². The highest BCUT2D eigenvalue weighted by molar-refractivity contribution is 8.93. The number of nitro benzene ring substituents is 1. The normalized spacial score (nSPS) is 9.82. The van der Waals surface area contributed by atoms with Crippen LogP contribution in [0.2, 0.25) is 0 Å². The molecule has 112 valence electrons. The maximum atomic E-state index is 10.8. The molecule has 1 aromatic carbocycles. The highest BCUT2D eigenvalue weighted by Gasteiger charge is 2.08. The van der Waals surface area contributed by atoms with Gasteiger partial charge in [0, 0.05) is 42.0 Å². The fraction of sp³-hybridized carbons (Fsp3) is 0. The van der Waals surface area contributed by atoms with Crippen molar-refractivity contribution in [2.24, 2.45) is 0 Å². The Bertz CT molecular complexity index is 779. The minimum atomic E-state index is -0.423. The summed E-state index contributed by atoms with van der Waals surface area (Å²) >= 11 is 1.46. The van der Waals surface area contributed by atoms with Crippen molar-refractivity contribution in [1.29, 1.82) is 0 Å². The summed E-state index contributed by atoms with van der Waals surface area (Å²) in [4.78, 5) is 19.7. The molecule has 3 rings (SSSR count). The molecule has 0 unspecified atom stereocenters. The zero-order valence-electron chi connectivity index (χ0n) is 11.2. The van der Waals surface area contributed by atoms with Crippen LogP contribution in [0.25, 0.3) is 10.4 Å². The second-order valence-electron chi connectivity index (χ2n) is 4.20.